The van der Waals surface area contributed by atoms with E-state index in [4.69, 9.17) is 16.3 Å². The number of hydrogen-bond donors (Lipinski definition) is 1. The zero-order chi connectivity index (χ0) is 15.2. The minimum absolute atomic E-state index is 0.458. The number of aromatic nitrogens is 2. The van der Waals surface area contributed by atoms with Gasteiger partial charge in [0.1, 0.15) is 12.4 Å². The second-order valence-electron chi connectivity index (χ2n) is 5.55. The third-order valence-electron chi connectivity index (χ3n) is 3.03. The lowest BCUT2D eigenvalue weighted by molar-refractivity contribution is 0.296. The Kier molecular flexibility index (Phi) is 5.65. The molecule has 0 fully saturated rings. The Balaban J connectivity index is 2.00. The van der Waals surface area contributed by atoms with Crippen molar-refractivity contribution in [2.24, 2.45) is 13.0 Å². The number of aryl methyl sites for hydroxylation is 1. The zero-order valence-electron chi connectivity index (χ0n) is 12.8. The molecule has 0 amide bonds. The largest absolute Gasteiger partial charge is 0.487 e. The first-order valence-electron chi connectivity index (χ1n) is 7.15. The van der Waals surface area contributed by atoms with E-state index in [0.717, 1.165) is 35.1 Å². The van der Waals surface area contributed by atoms with Crippen molar-refractivity contribution in [2.75, 3.05) is 6.54 Å². The topological polar surface area (TPSA) is 39.1 Å². The molecule has 0 spiro atoms. The number of nitrogens with one attached hydrogen (secondary N) is 1. The molecule has 5 heteroatoms. The molecule has 2 aromatic rings. The monoisotopic (exact) mass is 307 g/mol. The normalized spacial score (nSPS) is 11.1. The van der Waals surface area contributed by atoms with Crippen LogP contribution in [0.5, 0.6) is 5.75 Å². The van der Waals surface area contributed by atoms with E-state index in [9.17, 15) is 0 Å². The molecule has 1 N–H and O–H groups in total. The molecule has 0 aliphatic heterocycles. The molecule has 21 heavy (non-hydrogen) atoms. The number of halogens is 1. The summed E-state index contributed by atoms with van der Waals surface area (Å²) >= 11 is 6.08. The fourth-order valence-corrected chi connectivity index (χ4v) is 2.21. The molecular weight excluding hydrogens is 286 g/mol. The van der Waals surface area contributed by atoms with Gasteiger partial charge in [0.25, 0.3) is 0 Å². The average Bonchev–Trinajstić information content (AvgIpc) is 2.83. The van der Waals surface area contributed by atoms with Crippen LogP contribution >= 0.6 is 11.6 Å². The summed E-state index contributed by atoms with van der Waals surface area (Å²) in [4.78, 5) is 0. The van der Waals surface area contributed by atoms with Crippen LogP contribution in [0.1, 0.15) is 25.1 Å². The van der Waals surface area contributed by atoms with Gasteiger partial charge in [-0.3, -0.25) is 4.68 Å². The van der Waals surface area contributed by atoms with E-state index < -0.39 is 0 Å². The zero-order valence-corrected chi connectivity index (χ0v) is 13.5. The van der Waals surface area contributed by atoms with E-state index in [1.165, 1.54) is 0 Å². The third kappa shape index (κ3) is 5.06. The van der Waals surface area contributed by atoms with Crippen molar-refractivity contribution < 1.29 is 4.74 Å². The highest BCUT2D eigenvalue weighted by atomic mass is 35.5. The van der Waals surface area contributed by atoms with Crippen LogP contribution in [0.15, 0.2) is 30.5 Å². The predicted molar refractivity (Wildman–Crippen MR) is 85.5 cm³/mol. The van der Waals surface area contributed by atoms with Gasteiger partial charge in [0.05, 0.1) is 5.69 Å². The van der Waals surface area contributed by atoms with E-state index in [-0.39, 0.29) is 0 Å². The van der Waals surface area contributed by atoms with Gasteiger partial charge in [0, 0.05) is 30.4 Å². The molecule has 0 atom stereocenters. The molecule has 1 aromatic carbocycles. The molecule has 0 aliphatic rings. The summed E-state index contributed by atoms with van der Waals surface area (Å²) in [6, 6.07) is 7.66. The molecule has 1 heterocycles. The number of benzene rings is 1. The Morgan fingerprint density at radius 2 is 2.14 bits per heavy atom. The van der Waals surface area contributed by atoms with Crippen LogP contribution < -0.4 is 10.1 Å². The smallest absolute Gasteiger partial charge is 0.132 e. The van der Waals surface area contributed by atoms with E-state index >= 15 is 0 Å². The Bertz CT molecular complexity index is 581. The molecule has 0 aliphatic carbocycles. The first-order valence-corrected chi connectivity index (χ1v) is 7.53. The molecular formula is C16H22ClN3O. The standard InChI is InChI=1S/C16H22ClN3O/c1-12(2)9-18-10-13-8-14(17)4-5-16(13)21-11-15-6-7-20(3)19-15/h4-8,12,18H,9-11H2,1-3H3. The molecule has 0 bridgehead atoms. The third-order valence-corrected chi connectivity index (χ3v) is 3.27. The maximum absolute atomic E-state index is 6.08. The Morgan fingerprint density at radius 1 is 1.33 bits per heavy atom. The first-order chi connectivity index (χ1) is 10.0. The minimum atomic E-state index is 0.458. The first kappa shape index (κ1) is 15.9. The van der Waals surface area contributed by atoms with Gasteiger partial charge in [0.15, 0.2) is 0 Å². The van der Waals surface area contributed by atoms with Crippen LogP contribution in [0.4, 0.5) is 0 Å². The summed E-state index contributed by atoms with van der Waals surface area (Å²) in [5.74, 6) is 1.46. The van der Waals surface area contributed by atoms with Gasteiger partial charge in [-0.15, -0.1) is 0 Å². The van der Waals surface area contributed by atoms with Crippen LogP contribution in [-0.2, 0) is 20.2 Å². The van der Waals surface area contributed by atoms with Crippen LogP contribution in [0.3, 0.4) is 0 Å². The van der Waals surface area contributed by atoms with Gasteiger partial charge >= 0.3 is 0 Å². The molecule has 2 rings (SSSR count). The van der Waals surface area contributed by atoms with Gasteiger partial charge in [-0.2, -0.15) is 5.10 Å². The molecule has 0 saturated carbocycles. The van der Waals surface area contributed by atoms with Crippen molar-refractivity contribution in [3.63, 3.8) is 0 Å². The van der Waals surface area contributed by atoms with Crippen molar-refractivity contribution in [2.45, 2.75) is 27.0 Å². The summed E-state index contributed by atoms with van der Waals surface area (Å²) in [7, 11) is 1.90. The van der Waals surface area contributed by atoms with Gasteiger partial charge in [-0.1, -0.05) is 25.4 Å². The molecule has 0 saturated heterocycles. The van der Waals surface area contributed by atoms with Crippen molar-refractivity contribution in [3.05, 3.63) is 46.7 Å². The van der Waals surface area contributed by atoms with Gasteiger partial charge < -0.3 is 10.1 Å². The molecule has 0 unspecified atom stereocenters. The summed E-state index contributed by atoms with van der Waals surface area (Å²) in [6.07, 6.45) is 1.91. The van der Waals surface area contributed by atoms with Crippen molar-refractivity contribution in [3.8, 4) is 5.75 Å². The van der Waals surface area contributed by atoms with Crippen molar-refractivity contribution in [1.29, 1.82) is 0 Å². The van der Waals surface area contributed by atoms with Crippen LogP contribution in [0, 0.1) is 5.92 Å². The van der Waals surface area contributed by atoms with E-state index in [1.54, 1.807) is 4.68 Å². The Hall–Kier alpha value is -1.52. The summed E-state index contributed by atoms with van der Waals surface area (Å²) in [6.45, 7) is 6.54. The fraction of sp³-hybridized carbons (Fsp3) is 0.438. The van der Waals surface area contributed by atoms with Gasteiger partial charge in [-0.25, -0.2) is 0 Å². The van der Waals surface area contributed by atoms with Gasteiger partial charge in [0.2, 0.25) is 0 Å². The number of rotatable bonds is 7. The molecule has 0 radical (unpaired) electrons. The summed E-state index contributed by atoms with van der Waals surface area (Å²) < 4.78 is 7.64. The summed E-state index contributed by atoms with van der Waals surface area (Å²) in [5, 5.41) is 8.44. The second-order valence-corrected chi connectivity index (χ2v) is 5.98. The second kappa shape index (κ2) is 7.48. The molecule has 114 valence electrons. The molecule has 1 aromatic heterocycles. The maximum Gasteiger partial charge on any atom is 0.132 e. The van der Waals surface area contributed by atoms with E-state index in [1.807, 2.05) is 37.5 Å². The SMILES string of the molecule is CC(C)CNCc1cc(Cl)ccc1OCc1ccn(C)n1. The van der Waals surface area contributed by atoms with Crippen LogP contribution in [0.25, 0.3) is 0 Å². The van der Waals surface area contributed by atoms with Crippen LogP contribution in [0.2, 0.25) is 5.02 Å². The lowest BCUT2D eigenvalue weighted by atomic mass is 10.2. The fourth-order valence-electron chi connectivity index (χ4n) is 2.01. The average molecular weight is 308 g/mol. The number of ether oxygens (including phenoxy) is 1. The van der Waals surface area contributed by atoms with E-state index in [0.29, 0.717) is 12.5 Å². The maximum atomic E-state index is 6.08. The quantitative estimate of drug-likeness (QED) is 0.852. The van der Waals surface area contributed by atoms with Gasteiger partial charge in [-0.05, 0) is 36.7 Å². The highest BCUT2D eigenvalue weighted by Gasteiger charge is 2.07. The highest BCUT2D eigenvalue weighted by Crippen LogP contribution is 2.23. The van der Waals surface area contributed by atoms with Crippen molar-refractivity contribution in [1.82, 2.24) is 15.1 Å². The van der Waals surface area contributed by atoms with Crippen LogP contribution in [-0.4, -0.2) is 16.3 Å². The minimum Gasteiger partial charge on any atom is -0.487 e. The molecule has 4 nitrogen and oxygen atoms in total. The lowest BCUT2D eigenvalue weighted by Gasteiger charge is -2.13. The van der Waals surface area contributed by atoms with E-state index in [2.05, 4.69) is 24.3 Å². The number of nitrogens with zero attached hydrogens (tertiary/aromatic N) is 2. The predicted octanol–water partition coefficient (Wildman–Crippen LogP) is 3.40. The summed E-state index contributed by atoms with van der Waals surface area (Å²) in [5.41, 5.74) is 1.98. The Morgan fingerprint density at radius 3 is 2.81 bits per heavy atom. The van der Waals surface area contributed by atoms with Crippen molar-refractivity contribution >= 4 is 11.6 Å². The highest BCUT2D eigenvalue weighted by molar-refractivity contribution is 6.30. The number of hydrogen-bond acceptors (Lipinski definition) is 3. The Labute approximate surface area is 131 Å². The lowest BCUT2D eigenvalue weighted by Crippen LogP contribution is -2.19.